The minimum atomic E-state index is -0.614. The number of hydrogen-bond donors (Lipinski definition) is 0. The molecule has 20 heavy (non-hydrogen) atoms. The number of nitro groups is 1. The first-order chi connectivity index (χ1) is 9.40. The van der Waals surface area contributed by atoms with Crippen molar-refractivity contribution in [2.45, 2.75) is 26.4 Å². The van der Waals surface area contributed by atoms with Crippen LogP contribution in [0.3, 0.4) is 0 Å². The fourth-order valence-electron chi connectivity index (χ4n) is 1.48. The molecular weight excluding hydrogens is 262 g/mol. The molecule has 6 heteroatoms. The van der Waals surface area contributed by atoms with E-state index in [9.17, 15) is 19.7 Å². The van der Waals surface area contributed by atoms with Crippen LogP contribution in [0.15, 0.2) is 30.3 Å². The predicted octanol–water partition coefficient (Wildman–Crippen LogP) is 2.52. The van der Waals surface area contributed by atoms with Gasteiger partial charge in [0.25, 0.3) is 5.69 Å². The number of nitro benzene ring substituents is 1. The Balaban J connectivity index is 2.71. The number of ketones is 1. The van der Waals surface area contributed by atoms with Gasteiger partial charge in [-0.3, -0.25) is 19.7 Å². The largest absolute Gasteiger partial charge is 0.463 e. The Morgan fingerprint density at radius 3 is 2.60 bits per heavy atom. The van der Waals surface area contributed by atoms with Crippen molar-refractivity contribution in [2.24, 2.45) is 0 Å². The Morgan fingerprint density at radius 2 is 2.00 bits per heavy atom. The number of esters is 1. The van der Waals surface area contributed by atoms with Gasteiger partial charge in [-0.05, 0) is 32.1 Å². The summed E-state index contributed by atoms with van der Waals surface area (Å²) in [6.07, 6.45) is 1.80. The van der Waals surface area contributed by atoms with Crippen molar-refractivity contribution in [3.05, 3.63) is 46.0 Å². The first-order valence-electron chi connectivity index (χ1n) is 6.04. The Kier molecular flexibility index (Phi) is 5.58. The number of carbonyl (C=O) groups excluding carboxylic acids is 2. The summed E-state index contributed by atoms with van der Waals surface area (Å²) < 4.78 is 4.83. The lowest BCUT2D eigenvalue weighted by Gasteiger charge is -2.05. The number of hydrogen-bond acceptors (Lipinski definition) is 5. The van der Waals surface area contributed by atoms with Crippen molar-refractivity contribution in [3.63, 3.8) is 0 Å². The van der Waals surface area contributed by atoms with Crippen molar-refractivity contribution in [3.8, 4) is 0 Å². The molecule has 0 aromatic heterocycles. The molecule has 0 unspecified atom stereocenters. The minimum absolute atomic E-state index is 0.0960. The average molecular weight is 277 g/mol. The summed E-state index contributed by atoms with van der Waals surface area (Å²) in [4.78, 5) is 33.0. The van der Waals surface area contributed by atoms with Crippen LogP contribution in [-0.4, -0.2) is 22.8 Å². The van der Waals surface area contributed by atoms with E-state index in [4.69, 9.17) is 4.74 Å². The first kappa shape index (κ1) is 15.6. The zero-order chi connectivity index (χ0) is 15.1. The molecule has 0 amide bonds. The molecule has 1 aromatic carbocycles. The molecule has 0 N–H and O–H groups in total. The smallest absolute Gasteiger partial charge is 0.313 e. The summed E-state index contributed by atoms with van der Waals surface area (Å²) >= 11 is 0. The third kappa shape index (κ3) is 5.01. The molecule has 6 nitrogen and oxygen atoms in total. The molecule has 0 aliphatic rings. The van der Waals surface area contributed by atoms with Crippen LogP contribution in [0, 0.1) is 10.1 Å². The van der Waals surface area contributed by atoms with Gasteiger partial charge in [-0.1, -0.05) is 12.1 Å². The van der Waals surface area contributed by atoms with Gasteiger partial charge in [0.15, 0.2) is 5.78 Å². The number of ether oxygens (including phenoxy) is 1. The third-order valence-electron chi connectivity index (χ3n) is 2.27. The maximum atomic E-state index is 11.5. The summed E-state index contributed by atoms with van der Waals surface area (Å²) in [6, 6.07) is 6.03. The second-order valence-electron chi connectivity index (χ2n) is 4.33. The highest BCUT2D eigenvalue weighted by Gasteiger charge is 2.12. The fourth-order valence-corrected chi connectivity index (χ4v) is 1.48. The third-order valence-corrected chi connectivity index (χ3v) is 2.27. The molecule has 0 saturated heterocycles. The topological polar surface area (TPSA) is 86.5 Å². The maximum Gasteiger partial charge on any atom is 0.313 e. The summed E-state index contributed by atoms with van der Waals surface area (Å²) in [6.45, 7) is 3.37. The number of benzene rings is 1. The van der Waals surface area contributed by atoms with Crippen LogP contribution in [0.2, 0.25) is 0 Å². The van der Waals surface area contributed by atoms with Gasteiger partial charge in [-0.15, -0.1) is 0 Å². The fraction of sp³-hybridized carbons (Fsp3) is 0.286. The summed E-state index contributed by atoms with van der Waals surface area (Å²) in [7, 11) is 0. The summed E-state index contributed by atoms with van der Waals surface area (Å²) in [5.74, 6) is -1.08. The Bertz CT molecular complexity index is 548. The lowest BCUT2D eigenvalue weighted by Crippen LogP contribution is -2.14. The van der Waals surface area contributed by atoms with Crippen LogP contribution < -0.4 is 0 Å². The Hall–Kier alpha value is -2.50. The minimum Gasteiger partial charge on any atom is -0.463 e. The highest BCUT2D eigenvalue weighted by molar-refractivity contribution is 6.04. The molecule has 0 aliphatic carbocycles. The van der Waals surface area contributed by atoms with E-state index >= 15 is 0 Å². The van der Waals surface area contributed by atoms with E-state index in [0.29, 0.717) is 5.56 Å². The normalized spacial score (nSPS) is 10.8. The number of rotatable bonds is 6. The first-order valence-corrected chi connectivity index (χ1v) is 6.04. The van der Waals surface area contributed by atoms with Crippen LogP contribution >= 0.6 is 0 Å². The van der Waals surface area contributed by atoms with Gasteiger partial charge in [0.2, 0.25) is 0 Å². The molecule has 0 aliphatic heterocycles. The predicted molar refractivity (Wildman–Crippen MR) is 73.0 cm³/mol. The lowest BCUT2D eigenvalue weighted by atomic mass is 10.1. The van der Waals surface area contributed by atoms with Gasteiger partial charge in [-0.2, -0.15) is 0 Å². The quantitative estimate of drug-likeness (QED) is 0.262. The molecule has 1 rings (SSSR count). The zero-order valence-electron chi connectivity index (χ0n) is 11.2. The molecule has 0 fully saturated rings. The number of carbonyl (C=O) groups is 2. The summed E-state index contributed by atoms with van der Waals surface area (Å²) in [5.41, 5.74) is 0.212. The van der Waals surface area contributed by atoms with E-state index in [0.717, 1.165) is 6.08 Å². The van der Waals surface area contributed by atoms with Gasteiger partial charge in [-0.25, -0.2) is 0 Å². The number of para-hydroxylation sites is 1. The monoisotopic (exact) mass is 277 g/mol. The Labute approximate surface area is 116 Å². The van der Waals surface area contributed by atoms with Gasteiger partial charge in [0.05, 0.1) is 16.6 Å². The van der Waals surface area contributed by atoms with Crippen molar-refractivity contribution >= 4 is 23.5 Å². The zero-order valence-corrected chi connectivity index (χ0v) is 11.2. The van der Waals surface area contributed by atoms with Gasteiger partial charge in [0, 0.05) is 6.07 Å². The number of nitrogens with zero attached hydrogens (tertiary/aromatic N) is 1. The van der Waals surface area contributed by atoms with Gasteiger partial charge >= 0.3 is 5.97 Å². The van der Waals surface area contributed by atoms with Crippen LogP contribution in [-0.2, 0) is 14.3 Å². The summed E-state index contributed by atoms with van der Waals surface area (Å²) in [5, 5.41) is 10.8. The average Bonchev–Trinajstić information content (AvgIpc) is 2.35. The van der Waals surface area contributed by atoms with Crippen LogP contribution in [0.1, 0.15) is 25.8 Å². The second-order valence-corrected chi connectivity index (χ2v) is 4.33. The molecule has 0 saturated carbocycles. The van der Waals surface area contributed by atoms with Gasteiger partial charge in [0.1, 0.15) is 6.42 Å². The van der Waals surface area contributed by atoms with Gasteiger partial charge < -0.3 is 4.74 Å². The van der Waals surface area contributed by atoms with Crippen LogP contribution in [0.5, 0.6) is 0 Å². The van der Waals surface area contributed by atoms with E-state index < -0.39 is 16.7 Å². The van der Waals surface area contributed by atoms with E-state index in [2.05, 4.69) is 0 Å². The lowest BCUT2D eigenvalue weighted by molar-refractivity contribution is -0.385. The van der Waals surface area contributed by atoms with E-state index in [1.807, 2.05) is 0 Å². The highest BCUT2D eigenvalue weighted by Crippen LogP contribution is 2.18. The van der Waals surface area contributed by atoms with Crippen molar-refractivity contribution < 1.29 is 19.2 Å². The molecule has 0 atom stereocenters. The molecule has 1 aromatic rings. The van der Waals surface area contributed by atoms with E-state index in [-0.39, 0.29) is 18.2 Å². The number of allylic oxidation sites excluding steroid dienone is 1. The van der Waals surface area contributed by atoms with Crippen molar-refractivity contribution in [2.75, 3.05) is 0 Å². The molecular formula is C14H15NO5. The SMILES string of the molecule is CC(C)OC(=O)CC(=O)C=Cc1ccccc1[N+](=O)[O-]. The standard InChI is InChI=1S/C14H15NO5/c1-10(2)20-14(17)9-12(16)8-7-11-5-3-4-6-13(11)15(18)19/h3-8,10H,9H2,1-2H3. The molecule has 0 radical (unpaired) electrons. The van der Waals surface area contributed by atoms with Crippen LogP contribution in [0.25, 0.3) is 6.08 Å². The molecule has 0 heterocycles. The Morgan fingerprint density at radius 1 is 1.35 bits per heavy atom. The highest BCUT2D eigenvalue weighted by atomic mass is 16.6. The van der Waals surface area contributed by atoms with E-state index in [1.54, 1.807) is 19.9 Å². The molecule has 106 valence electrons. The second kappa shape index (κ2) is 7.18. The van der Waals surface area contributed by atoms with E-state index in [1.165, 1.54) is 24.3 Å². The molecule has 0 bridgehead atoms. The van der Waals surface area contributed by atoms with Crippen molar-refractivity contribution in [1.82, 2.24) is 0 Å². The van der Waals surface area contributed by atoms with Crippen molar-refractivity contribution in [1.29, 1.82) is 0 Å². The maximum absolute atomic E-state index is 11.5. The molecule has 0 spiro atoms. The van der Waals surface area contributed by atoms with Crippen LogP contribution in [0.4, 0.5) is 5.69 Å².